The lowest BCUT2D eigenvalue weighted by Gasteiger charge is -2.17. The van der Waals surface area contributed by atoms with Crippen LogP contribution in [-0.2, 0) is 0 Å². The Balaban J connectivity index is 1.78. The lowest BCUT2D eigenvalue weighted by molar-refractivity contribution is 0.201. The van der Waals surface area contributed by atoms with Crippen molar-refractivity contribution in [1.82, 2.24) is 9.97 Å². The van der Waals surface area contributed by atoms with Gasteiger partial charge in [-0.25, -0.2) is 4.98 Å². The number of fused-ring (bicyclic) bond motifs is 1. The smallest absolute Gasteiger partial charge is 0.259 e. The molecule has 2 aromatic carbocycles. The van der Waals surface area contributed by atoms with Gasteiger partial charge in [0.2, 0.25) is 0 Å². The highest BCUT2D eigenvalue weighted by Crippen LogP contribution is 2.39. The molecule has 1 aliphatic rings. The fraction of sp³-hybridized carbons (Fsp3) is 0.300. The SMILES string of the molecule is COc1cc(-c2nc3ccccc3c(=O)[nH]2)c(Cl)cc1OC1CCCC1. The van der Waals surface area contributed by atoms with Crippen LogP contribution in [0.15, 0.2) is 41.2 Å². The van der Waals surface area contributed by atoms with E-state index in [1.807, 2.05) is 12.1 Å². The number of nitrogens with one attached hydrogen (secondary N) is 1. The highest BCUT2D eigenvalue weighted by Gasteiger charge is 2.20. The summed E-state index contributed by atoms with van der Waals surface area (Å²) in [4.78, 5) is 19.7. The number of H-pyrrole nitrogens is 1. The van der Waals surface area contributed by atoms with E-state index in [0.717, 1.165) is 12.8 Å². The fourth-order valence-electron chi connectivity index (χ4n) is 3.37. The average molecular weight is 371 g/mol. The second kappa shape index (κ2) is 7.00. The lowest BCUT2D eigenvalue weighted by atomic mass is 10.1. The van der Waals surface area contributed by atoms with Gasteiger partial charge >= 0.3 is 0 Å². The van der Waals surface area contributed by atoms with E-state index in [2.05, 4.69) is 9.97 Å². The molecule has 0 aliphatic heterocycles. The second-order valence-corrected chi connectivity index (χ2v) is 6.85. The Kier molecular flexibility index (Phi) is 4.55. The summed E-state index contributed by atoms with van der Waals surface area (Å²) in [5.41, 5.74) is 1.02. The summed E-state index contributed by atoms with van der Waals surface area (Å²) in [6.07, 6.45) is 4.65. The molecule has 4 rings (SSSR count). The van der Waals surface area contributed by atoms with E-state index < -0.39 is 0 Å². The molecule has 26 heavy (non-hydrogen) atoms. The summed E-state index contributed by atoms with van der Waals surface area (Å²) in [5.74, 6) is 1.60. The van der Waals surface area contributed by atoms with Gasteiger partial charge in [-0.1, -0.05) is 23.7 Å². The maximum atomic E-state index is 12.3. The molecule has 1 fully saturated rings. The molecule has 6 heteroatoms. The van der Waals surface area contributed by atoms with Crippen LogP contribution in [0.2, 0.25) is 5.02 Å². The Bertz CT molecular complexity index is 1010. The van der Waals surface area contributed by atoms with Crippen molar-refractivity contribution in [2.24, 2.45) is 0 Å². The Morgan fingerprint density at radius 1 is 1.15 bits per heavy atom. The molecular formula is C20H19ClN2O3. The van der Waals surface area contributed by atoms with Crippen LogP contribution in [-0.4, -0.2) is 23.2 Å². The van der Waals surface area contributed by atoms with Crippen LogP contribution in [0.1, 0.15) is 25.7 Å². The van der Waals surface area contributed by atoms with Crippen molar-refractivity contribution in [2.75, 3.05) is 7.11 Å². The van der Waals surface area contributed by atoms with Gasteiger partial charge in [0, 0.05) is 11.6 Å². The zero-order chi connectivity index (χ0) is 18.1. The van der Waals surface area contributed by atoms with Gasteiger partial charge < -0.3 is 14.5 Å². The van der Waals surface area contributed by atoms with Crippen molar-refractivity contribution >= 4 is 22.5 Å². The van der Waals surface area contributed by atoms with Crippen LogP contribution in [0.25, 0.3) is 22.3 Å². The molecule has 1 aliphatic carbocycles. The van der Waals surface area contributed by atoms with E-state index in [1.165, 1.54) is 12.8 Å². The molecule has 5 nitrogen and oxygen atoms in total. The third kappa shape index (κ3) is 3.15. The maximum Gasteiger partial charge on any atom is 0.259 e. The topological polar surface area (TPSA) is 64.2 Å². The van der Waals surface area contributed by atoms with E-state index in [4.69, 9.17) is 21.1 Å². The van der Waals surface area contributed by atoms with Crippen molar-refractivity contribution in [3.8, 4) is 22.9 Å². The van der Waals surface area contributed by atoms with E-state index in [-0.39, 0.29) is 11.7 Å². The molecule has 0 unspecified atom stereocenters. The molecule has 0 bridgehead atoms. The monoisotopic (exact) mass is 370 g/mol. The first-order valence-electron chi connectivity index (χ1n) is 8.69. The number of hydrogen-bond donors (Lipinski definition) is 1. The maximum absolute atomic E-state index is 12.3. The first-order valence-corrected chi connectivity index (χ1v) is 9.07. The molecular weight excluding hydrogens is 352 g/mol. The summed E-state index contributed by atoms with van der Waals surface area (Å²) in [7, 11) is 1.59. The van der Waals surface area contributed by atoms with Gasteiger partial charge in [0.05, 0.1) is 29.1 Å². The van der Waals surface area contributed by atoms with Gasteiger partial charge in [-0.2, -0.15) is 0 Å². The molecule has 0 radical (unpaired) electrons. The summed E-state index contributed by atoms with van der Waals surface area (Å²) >= 11 is 6.48. The number of methoxy groups -OCH3 is 1. The van der Waals surface area contributed by atoms with Gasteiger partial charge in [0.25, 0.3) is 5.56 Å². The van der Waals surface area contributed by atoms with Gasteiger partial charge in [-0.05, 0) is 43.9 Å². The predicted molar refractivity (Wildman–Crippen MR) is 102 cm³/mol. The van der Waals surface area contributed by atoms with Crippen molar-refractivity contribution in [2.45, 2.75) is 31.8 Å². The summed E-state index contributed by atoms with van der Waals surface area (Å²) < 4.78 is 11.5. The van der Waals surface area contributed by atoms with Crippen molar-refractivity contribution in [3.05, 3.63) is 51.8 Å². The van der Waals surface area contributed by atoms with E-state index in [9.17, 15) is 4.79 Å². The molecule has 0 amide bonds. The van der Waals surface area contributed by atoms with E-state index in [0.29, 0.717) is 38.8 Å². The van der Waals surface area contributed by atoms with Crippen LogP contribution in [0.3, 0.4) is 0 Å². The minimum Gasteiger partial charge on any atom is -0.493 e. The Morgan fingerprint density at radius 3 is 2.69 bits per heavy atom. The minimum absolute atomic E-state index is 0.199. The Labute approximate surface area is 155 Å². The largest absolute Gasteiger partial charge is 0.493 e. The quantitative estimate of drug-likeness (QED) is 0.730. The molecule has 1 heterocycles. The standard InChI is InChI=1S/C20H19ClN2O3/c1-25-17-10-14(15(21)11-18(17)26-12-6-2-3-7-12)19-22-16-9-5-4-8-13(16)20(24)23-19/h4-5,8-12H,2-3,6-7H2,1H3,(H,22,23,24). The highest BCUT2D eigenvalue weighted by molar-refractivity contribution is 6.33. The Morgan fingerprint density at radius 2 is 1.92 bits per heavy atom. The summed E-state index contributed by atoms with van der Waals surface area (Å²) in [6.45, 7) is 0. The molecule has 1 N–H and O–H groups in total. The van der Waals surface area contributed by atoms with Gasteiger partial charge in [0.15, 0.2) is 11.5 Å². The number of halogens is 1. The minimum atomic E-state index is -0.202. The second-order valence-electron chi connectivity index (χ2n) is 6.44. The van der Waals surface area contributed by atoms with Gasteiger partial charge in [0.1, 0.15) is 5.82 Å². The predicted octanol–water partition coefficient (Wildman–Crippen LogP) is 4.57. The zero-order valence-corrected chi connectivity index (χ0v) is 15.2. The average Bonchev–Trinajstić information content (AvgIpc) is 3.15. The van der Waals surface area contributed by atoms with Crippen LogP contribution in [0, 0.1) is 0 Å². The molecule has 0 saturated heterocycles. The molecule has 134 valence electrons. The van der Waals surface area contributed by atoms with Gasteiger partial charge in [-0.15, -0.1) is 0 Å². The third-order valence-electron chi connectivity index (χ3n) is 4.72. The summed E-state index contributed by atoms with van der Waals surface area (Å²) in [5, 5.41) is 0.998. The van der Waals surface area contributed by atoms with Crippen LogP contribution >= 0.6 is 11.6 Å². The van der Waals surface area contributed by atoms with E-state index >= 15 is 0 Å². The van der Waals surface area contributed by atoms with Crippen LogP contribution in [0.4, 0.5) is 0 Å². The summed E-state index contributed by atoms with van der Waals surface area (Å²) in [6, 6.07) is 10.7. The molecule has 0 atom stereocenters. The number of rotatable bonds is 4. The lowest BCUT2D eigenvalue weighted by Crippen LogP contribution is -2.12. The first kappa shape index (κ1) is 16.9. The van der Waals surface area contributed by atoms with Gasteiger partial charge in [-0.3, -0.25) is 4.79 Å². The number of hydrogen-bond acceptors (Lipinski definition) is 4. The van der Waals surface area contributed by atoms with Crippen molar-refractivity contribution < 1.29 is 9.47 Å². The molecule has 1 saturated carbocycles. The Hall–Kier alpha value is -2.53. The number of nitrogens with zero attached hydrogens (tertiary/aromatic N) is 1. The molecule has 1 aromatic heterocycles. The number of aromatic amines is 1. The first-order chi connectivity index (χ1) is 12.7. The number of benzene rings is 2. The fourth-order valence-corrected chi connectivity index (χ4v) is 3.61. The van der Waals surface area contributed by atoms with Crippen molar-refractivity contribution in [3.63, 3.8) is 0 Å². The third-order valence-corrected chi connectivity index (χ3v) is 5.03. The highest BCUT2D eigenvalue weighted by atomic mass is 35.5. The van der Waals surface area contributed by atoms with Crippen molar-refractivity contribution in [1.29, 1.82) is 0 Å². The number of ether oxygens (including phenoxy) is 2. The number of para-hydroxylation sites is 1. The normalized spacial score (nSPS) is 14.7. The van der Waals surface area contributed by atoms with Crippen LogP contribution in [0.5, 0.6) is 11.5 Å². The number of aromatic nitrogens is 2. The molecule has 3 aromatic rings. The molecule has 0 spiro atoms. The van der Waals surface area contributed by atoms with Crippen LogP contribution < -0.4 is 15.0 Å². The van der Waals surface area contributed by atoms with E-state index in [1.54, 1.807) is 31.4 Å². The zero-order valence-electron chi connectivity index (χ0n) is 14.4.